The number of aromatic nitrogens is 3. The second-order valence-electron chi connectivity index (χ2n) is 9.04. The van der Waals surface area contributed by atoms with Gasteiger partial charge in [0.05, 0.1) is 23.5 Å². The van der Waals surface area contributed by atoms with Crippen molar-refractivity contribution in [3.63, 3.8) is 0 Å². The molecule has 1 saturated carbocycles. The number of thioether (sulfide) groups is 1. The Hall–Kier alpha value is -3.17. The third-order valence-electron chi connectivity index (χ3n) is 6.22. The van der Waals surface area contributed by atoms with E-state index >= 15 is 0 Å². The fourth-order valence-electron chi connectivity index (χ4n) is 4.25. The maximum absolute atomic E-state index is 12.8. The first kappa shape index (κ1) is 23.6. The Labute approximate surface area is 209 Å². The van der Waals surface area contributed by atoms with Gasteiger partial charge >= 0.3 is 0 Å². The normalized spacial score (nSPS) is 16.1. The van der Waals surface area contributed by atoms with Crippen LogP contribution in [-0.2, 0) is 11.3 Å². The Bertz CT molecular complexity index is 1170. The highest BCUT2D eigenvalue weighted by molar-refractivity contribution is 7.99. The average molecular weight is 491 g/mol. The molecule has 0 spiro atoms. The van der Waals surface area contributed by atoms with Gasteiger partial charge in [0.15, 0.2) is 11.0 Å². The van der Waals surface area contributed by atoms with E-state index in [1.165, 1.54) is 31.0 Å². The number of benzene rings is 2. The number of nitrogens with zero attached hydrogens (tertiary/aromatic N) is 4. The van der Waals surface area contributed by atoms with Crippen molar-refractivity contribution in [2.45, 2.75) is 49.8 Å². The van der Waals surface area contributed by atoms with Gasteiger partial charge in [0, 0.05) is 11.7 Å². The second-order valence-corrected chi connectivity index (χ2v) is 9.98. The van der Waals surface area contributed by atoms with Crippen LogP contribution in [0.3, 0.4) is 0 Å². The molecular weight excluding hydrogens is 460 g/mol. The zero-order valence-electron chi connectivity index (χ0n) is 19.7. The van der Waals surface area contributed by atoms with Crippen LogP contribution in [0.5, 0.6) is 0 Å². The Morgan fingerprint density at radius 2 is 1.69 bits per heavy atom. The Morgan fingerprint density at radius 3 is 2.46 bits per heavy atom. The van der Waals surface area contributed by atoms with E-state index in [9.17, 15) is 9.59 Å². The molecule has 182 valence electrons. The summed E-state index contributed by atoms with van der Waals surface area (Å²) >= 11 is 1.35. The van der Waals surface area contributed by atoms with E-state index in [-0.39, 0.29) is 23.6 Å². The number of hydrogen-bond donors (Lipinski definition) is 2. The van der Waals surface area contributed by atoms with Gasteiger partial charge in [-0.1, -0.05) is 48.5 Å². The van der Waals surface area contributed by atoms with Crippen LogP contribution in [0, 0.1) is 0 Å². The summed E-state index contributed by atoms with van der Waals surface area (Å²) < 4.78 is 2.05. The van der Waals surface area contributed by atoms with E-state index in [1.54, 1.807) is 18.2 Å². The number of nitrogens with one attached hydrogen (secondary N) is 2. The molecule has 3 aromatic rings. The van der Waals surface area contributed by atoms with E-state index in [2.05, 4.69) is 25.7 Å². The zero-order valence-corrected chi connectivity index (χ0v) is 20.5. The Balaban J connectivity index is 1.28. The van der Waals surface area contributed by atoms with Gasteiger partial charge in [0.25, 0.3) is 5.91 Å². The van der Waals surface area contributed by atoms with Crippen molar-refractivity contribution in [2.24, 2.45) is 0 Å². The summed E-state index contributed by atoms with van der Waals surface area (Å²) in [5, 5.41) is 15.5. The standard InChI is InChI=1S/C26H30N6O2S/c33-24(28-22-12-6-5-11-21(22)25(34)27-19-13-14-19)18-35-26-30-29-23(17-31-15-7-2-8-16-31)32(26)20-9-3-1-4-10-20/h1,3-6,9-12,19H,2,7-8,13-18H2,(H,27,34)(H,28,33). The molecule has 0 bridgehead atoms. The van der Waals surface area contributed by atoms with Gasteiger partial charge in [-0.3, -0.25) is 19.1 Å². The summed E-state index contributed by atoms with van der Waals surface area (Å²) in [6, 6.07) is 17.4. The minimum absolute atomic E-state index is 0.151. The van der Waals surface area contributed by atoms with Crippen LogP contribution < -0.4 is 10.6 Å². The fraction of sp³-hybridized carbons (Fsp3) is 0.385. The van der Waals surface area contributed by atoms with Crippen LogP contribution in [0.4, 0.5) is 5.69 Å². The van der Waals surface area contributed by atoms with E-state index in [4.69, 9.17) is 0 Å². The smallest absolute Gasteiger partial charge is 0.253 e. The molecule has 9 heteroatoms. The molecule has 2 aromatic carbocycles. The van der Waals surface area contributed by atoms with Crippen LogP contribution in [0.15, 0.2) is 59.8 Å². The number of para-hydroxylation sites is 2. The molecule has 0 atom stereocenters. The fourth-order valence-corrected chi connectivity index (χ4v) is 5.02. The lowest BCUT2D eigenvalue weighted by Crippen LogP contribution is -2.30. The molecule has 1 saturated heterocycles. The molecule has 2 amide bonds. The summed E-state index contributed by atoms with van der Waals surface area (Å²) in [6.07, 6.45) is 5.73. The lowest BCUT2D eigenvalue weighted by Gasteiger charge is -2.26. The molecular formula is C26H30N6O2S. The number of rotatable bonds is 9. The summed E-state index contributed by atoms with van der Waals surface area (Å²) in [4.78, 5) is 27.8. The van der Waals surface area contributed by atoms with Crippen LogP contribution in [0.1, 0.15) is 48.3 Å². The summed E-state index contributed by atoms with van der Waals surface area (Å²) in [5.74, 6) is 0.694. The predicted molar refractivity (Wildman–Crippen MR) is 137 cm³/mol. The van der Waals surface area contributed by atoms with Crippen molar-refractivity contribution in [3.05, 3.63) is 66.0 Å². The number of carbonyl (C=O) groups is 2. The minimum atomic E-state index is -0.193. The SMILES string of the molecule is O=C(CSc1nnc(CN2CCCCC2)n1-c1ccccc1)Nc1ccccc1C(=O)NC1CC1. The van der Waals surface area contributed by atoms with E-state index in [0.29, 0.717) is 16.4 Å². The monoisotopic (exact) mass is 490 g/mol. The summed E-state index contributed by atoms with van der Waals surface area (Å²) in [6.45, 7) is 2.87. The van der Waals surface area contributed by atoms with Crippen molar-refractivity contribution in [1.82, 2.24) is 25.0 Å². The lowest BCUT2D eigenvalue weighted by atomic mass is 10.1. The highest BCUT2D eigenvalue weighted by atomic mass is 32.2. The van der Waals surface area contributed by atoms with Gasteiger partial charge in [0.1, 0.15) is 0 Å². The topological polar surface area (TPSA) is 92.2 Å². The van der Waals surface area contributed by atoms with Crippen molar-refractivity contribution in [3.8, 4) is 5.69 Å². The first-order chi connectivity index (χ1) is 17.2. The highest BCUT2D eigenvalue weighted by Crippen LogP contribution is 2.25. The third kappa shape index (κ3) is 6.10. The molecule has 1 aliphatic heterocycles. The molecule has 0 unspecified atom stereocenters. The molecule has 2 fully saturated rings. The van der Waals surface area contributed by atoms with Crippen molar-refractivity contribution in [2.75, 3.05) is 24.2 Å². The van der Waals surface area contributed by atoms with E-state index in [0.717, 1.165) is 44.0 Å². The van der Waals surface area contributed by atoms with Gasteiger partial charge < -0.3 is 10.6 Å². The zero-order chi connectivity index (χ0) is 24.0. The van der Waals surface area contributed by atoms with E-state index < -0.39 is 0 Å². The maximum atomic E-state index is 12.8. The molecule has 1 aromatic heterocycles. The maximum Gasteiger partial charge on any atom is 0.253 e. The van der Waals surface area contributed by atoms with Crippen LogP contribution in [0.25, 0.3) is 5.69 Å². The van der Waals surface area contributed by atoms with Gasteiger partial charge in [0.2, 0.25) is 5.91 Å². The highest BCUT2D eigenvalue weighted by Gasteiger charge is 2.25. The van der Waals surface area contributed by atoms with Crippen LogP contribution >= 0.6 is 11.8 Å². The Kier molecular flexibility index (Phi) is 7.44. The number of hydrogen-bond acceptors (Lipinski definition) is 6. The molecule has 8 nitrogen and oxygen atoms in total. The predicted octanol–water partition coefficient (Wildman–Crippen LogP) is 3.88. The van der Waals surface area contributed by atoms with Gasteiger partial charge in [-0.05, 0) is 63.0 Å². The van der Waals surface area contributed by atoms with Crippen molar-refractivity contribution < 1.29 is 9.59 Å². The molecule has 1 aliphatic carbocycles. The largest absolute Gasteiger partial charge is 0.349 e. The molecule has 5 rings (SSSR count). The van der Waals surface area contributed by atoms with Crippen LogP contribution in [0.2, 0.25) is 0 Å². The van der Waals surface area contributed by atoms with Crippen molar-refractivity contribution in [1.29, 1.82) is 0 Å². The van der Waals surface area contributed by atoms with Crippen LogP contribution in [-0.4, -0.2) is 56.4 Å². The first-order valence-corrected chi connectivity index (χ1v) is 13.2. The van der Waals surface area contributed by atoms with Gasteiger partial charge in [-0.25, -0.2) is 0 Å². The first-order valence-electron chi connectivity index (χ1n) is 12.2. The number of amides is 2. The lowest BCUT2D eigenvalue weighted by molar-refractivity contribution is -0.113. The molecule has 2 N–H and O–H groups in total. The molecule has 35 heavy (non-hydrogen) atoms. The van der Waals surface area contributed by atoms with Gasteiger partial charge in [-0.2, -0.15) is 0 Å². The van der Waals surface area contributed by atoms with E-state index in [1.807, 2.05) is 41.0 Å². The minimum Gasteiger partial charge on any atom is -0.349 e. The molecule has 2 heterocycles. The number of anilines is 1. The third-order valence-corrected chi connectivity index (χ3v) is 7.15. The van der Waals surface area contributed by atoms with Gasteiger partial charge in [-0.15, -0.1) is 10.2 Å². The molecule has 0 radical (unpaired) electrons. The number of likely N-dealkylation sites (tertiary alicyclic amines) is 1. The molecule has 2 aliphatic rings. The number of carbonyl (C=O) groups excluding carboxylic acids is 2. The summed E-state index contributed by atoms with van der Waals surface area (Å²) in [5.41, 5.74) is 1.98. The van der Waals surface area contributed by atoms with Crippen molar-refractivity contribution >= 4 is 29.3 Å². The quantitative estimate of drug-likeness (QED) is 0.443. The second kappa shape index (κ2) is 11.0. The Morgan fingerprint density at radius 1 is 0.943 bits per heavy atom. The average Bonchev–Trinajstić information content (AvgIpc) is 3.62. The number of piperidine rings is 1. The summed E-state index contributed by atoms with van der Waals surface area (Å²) in [7, 11) is 0.